The highest BCUT2D eigenvalue weighted by atomic mass is 35.5. The maximum absolute atomic E-state index is 12.6. The molecule has 2 aromatic heterocycles. The predicted octanol–water partition coefficient (Wildman–Crippen LogP) is 4.37. The molecule has 0 aromatic carbocycles. The van der Waals surface area contributed by atoms with Crippen molar-refractivity contribution in [3.05, 3.63) is 23.7 Å². The summed E-state index contributed by atoms with van der Waals surface area (Å²) in [7, 11) is 0. The van der Waals surface area contributed by atoms with Crippen molar-refractivity contribution in [2.24, 2.45) is 0 Å². The van der Waals surface area contributed by atoms with E-state index < -0.39 is 11.4 Å². The van der Waals surface area contributed by atoms with Crippen LogP contribution in [-0.2, 0) is 18.9 Å². The Labute approximate surface area is 228 Å². The molecule has 6 heterocycles. The van der Waals surface area contributed by atoms with Crippen LogP contribution in [0.25, 0.3) is 11.0 Å². The van der Waals surface area contributed by atoms with Gasteiger partial charge in [0.25, 0.3) is 0 Å². The van der Waals surface area contributed by atoms with Crippen LogP contribution in [0.2, 0.25) is 5.15 Å². The topological polar surface area (TPSA) is 91.2 Å². The van der Waals surface area contributed by atoms with E-state index in [9.17, 15) is 4.79 Å². The van der Waals surface area contributed by atoms with Crippen molar-refractivity contribution in [1.82, 2.24) is 24.3 Å². The number of carbonyl (C=O) groups excluding carboxylic acids is 1. The van der Waals surface area contributed by atoms with Gasteiger partial charge in [-0.1, -0.05) is 11.6 Å². The molecule has 208 valence electrons. The Kier molecular flexibility index (Phi) is 6.42. The molecule has 4 aliphatic rings. The van der Waals surface area contributed by atoms with Crippen LogP contribution in [0.4, 0.5) is 4.79 Å². The predicted molar refractivity (Wildman–Crippen MR) is 141 cm³/mol. The van der Waals surface area contributed by atoms with Crippen LogP contribution in [0.15, 0.2) is 18.6 Å². The number of hydrogen-bond acceptors (Lipinski definition) is 8. The van der Waals surface area contributed by atoms with Crippen LogP contribution in [0.3, 0.4) is 0 Å². The molecule has 11 heteroatoms. The van der Waals surface area contributed by atoms with E-state index in [1.165, 1.54) is 6.33 Å². The number of rotatable bonds is 3. The molecule has 0 N–H and O–H groups in total. The Morgan fingerprint density at radius 2 is 1.87 bits per heavy atom. The molecule has 4 aliphatic heterocycles. The Morgan fingerprint density at radius 3 is 2.61 bits per heavy atom. The molecule has 10 nitrogen and oxygen atoms in total. The van der Waals surface area contributed by atoms with Gasteiger partial charge in [-0.3, -0.25) is 4.90 Å². The average molecular weight is 548 g/mol. The number of carbonyl (C=O) groups is 1. The molecule has 6 rings (SSSR count). The van der Waals surface area contributed by atoms with Crippen molar-refractivity contribution in [2.75, 3.05) is 26.2 Å². The number of ether oxygens (including phenoxy) is 4. The number of piperidine rings is 1. The van der Waals surface area contributed by atoms with E-state index in [0.29, 0.717) is 18.2 Å². The van der Waals surface area contributed by atoms with Crippen molar-refractivity contribution in [3.63, 3.8) is 0 Å². The van der Waals surface area contributed by atoms with Crippen molar-refractivity contribution >= 4 is 28.7 Å². The van der Waals surface area contributed by atoms with Crippen LogP contribution in [-0.4, -0.2) is 91.8 Å². The normalized spacial score (nSPS) is 30.8. The molecule has 4 atom stereocenters. The lowest BCUT2D eigenvalue weighted by atomic mass is 9.84. The first-order valence-corrected chi connectivity index (χ1v) is 14.0. The Morgan fingerprint density at radius 1 is 1.13 bits per heavy atom. The SMILES string of the molecule is CC(C)(C)OC(=O)N1CCC2(CCCN2C[C@H]2O[C@@H](n3ccc4c(Cl)ncnc43)[C@@H]3OC(C)(C)O[C@@H]32)CC1. The first-order valence-electron chi connectivity index (χ1n) is 13.7. The van der Waals surface area contributed by atoms with Gasteiger partial charge in [0.2, 0.25) is 0 Å². The lowest BCUT2D eigenvalue weighted by Crippen LogP contribution is -2.56. The Bertz CT molecular complexity index is 1200. The summed E-state index contributed by atoms with van der Waals surface area (Å²) in [5.74, 6) is -0.702. The third kappa shape index (κ3) is 4.68. The number of amides is 1. The van der Waals surface area contributed by atoms with E-state index in [1.807, 2.05) is 56.3 Å². The molecule has 1 spiro atoms. The highest BCUT2D eigenvalue weighted by molar-refractivity contribution is 6.33. The summed E-state index contributed by atoms with van der Waals surface area (Å²) in [6, 6.07) is 1.91. The summed E-state index contributed by atoms with van der Waals surface area (Å²) in [5, 5.41) is 1.20. The number of hydrogen-bond donors (Lipinski definition) is 0. The van der Waals surface area contributed by atoms with Gasteiger partial charge in [-0.2, -0.15) is 0 Å². The summed E-state index contributed by atoms with van der Waals surface area (Å²) >= 11 is 6.32. The molecule has 38 heavy (non-hydrogen) atoms. The second-order valence-electron chi connectivity index (χ2n) is 12.5. The molecule has 4 fully saturated rings. The highest BCUT2D eigenvalue weighted by Gasteiger charge is 2.57. The number of fused-ring (bicyclic) bond motifs is 2. The molecular weight excluding hydrogens is 510 g/mol. The molecule has 0 aliphatic carbocycles. The van der Waals surface area contributed by atoms with Gasteiger partial charge in [-0.15, -0.1) is 0 Å². The minimum Gasteiger partial charge on any atom is -0.444 e. The number of halogens is 1. The summed E-state index contributed by atoms with van der Waals surface area (Å²) in [6.45, 7) is 12.8. The van der Waals surface area contributed by atoms with Crippen molar-refractivity contribution < 1.29 is 23.7 Å². The first-order chi connectivity index (χ1) is 17.9. The number of aromatic nitrogens is 3. The van der Waals surface area contributed by atoms with Crippen molar-refractivity contribution in [2.45, 2.75) is 102 Å². The van der Waals surface area contributed by atoms with Gasteiger partial charge >= 0.3 is 6.09 Å². The smallest absolute Gasteiger partial charge is 0.410 e. The third-order valence-corrected chi connectivity index (χ3v) is 8.65. The van der Waals surface area contributed by atoms with Crippen LogP contribution < -0.4 is 0 Å². The summed E-state index contributed by atoms with van der Waals surface area (Å²) in [4.78, 5) is 25.7. The zero-order chi connectivity index (χ0) is 26.9. The minimum absolute atomic E-state index is 0.0608. The average Bonchev–Trinajstić information content (AvgIpc) is 3.57. The van der Waals surface area contributed by atoms with E-state index in [-0.39, 0.29) is 36.2 Å². The zero-order valence-corrected chi connectivity index (χ0v) is 23.6. The Balaban J connectivity index is 1.19. The van der Waals surface area contributed by atoms with E-state index >= 15 is 0 Å². The van der Waals surface area contributed by atoms with Crippen molar-refractivity contribution in [1.29, 1.82) is 0 Å². The number of nitrogens with zero attached hydrogens (tertiary/aromatic N) is 5. The zero-order valence-electron chi connectivity index (χ0n) is 22.9. The second-order valence-corrected chi connectivity index (χ2v) is 12.9. The van der Waals surface area contributed by atoms with E-state index in [4.69, 9.17) is 30.5 Å². The van der Waals surface area contributed by atoms with Gasteiger partial charge < -0.3 is 28.4 Å². The standard InChI is InChI=1S/C27H38ClN5O5/c1-25(2,3)38-24(34)31-13-9-27(10-14-31)8-6-11-32(27)15-18-19-20(37-26(4,5)36-19)23(35-18)33-12-7-17-21(28)29-16-30-22(17)33/h7,12,16,18-20,23H,6,8-11,13-15H2,1-5H3/t18-,19-,20-,23-/m1/s1. The van der Waals surface area contributed by atoms with E-state index in [1.54, 1.807) is 0 Å². The summed E-state index contributed by atoms with van der Waals surface area (Å²) in [6.07, 6.45) is 6.28. The maximum atomic E-state index is 12.6. The fourth-order valence-corrected chi connectivity index (χ4v) is 6.86. The minimum atomic E-state index is -0.702. The fourth-order valence-electron chi connectivity index (χ4n) is 6.67. The third-order valence-electron chi connectivity index (χ3n) is 8.35. The summed E-state index contributed by atoms with van der Waals surface area (Å²) in [5.41, 5.74) is 0.290. The Hall–Kier alpha value is -1.98. The molecule has 4 saturated heterocycles. The van der Waals surface area contributed by atoms with Gasteiger partial charge in [0.1, 0.15) is 41.0 Å². The molecule has 0 unspecified atom stereocenters. The van der Waals surface area contributed by atoms with Crippen LogP contribution in [0.1, 0.15) is 66.5 Å². The number of likely N-dealkylation sites (tertiary alicyclic amines) is 2. The quantitative estimate of drug-likeness (QED) is 0.523. The molecule has 2 aromatic rings. The lowest BCUT2D eigenvalue weighted by molar-refractivity contribution is -0.199. The molecule has 0 saturated carbocycles. The molecular formula is C27H38ClN5O5. The van der Waals surface area contributed by atoms with Crippen molar-refractivity contribution in [3.8, 4) is 0 Å². The van der Waals surface area contributed by atoms with Gasteiger partial charge in [0.05, 0.1) is 5.39 Å². The second kappa shape index (κ2) is 9.30. The van der Waals surface area contributed by atoms with Gasteiger partial charge in [-0.25, -0.2) is 14.8 Å². The van der Waals surface area contributed by atoms with Crippen LogP contribution in [0, 0.1) is 0 Å². The van der Waals surface area contributed by atoms with E-state index in [2.05, 4.69) is 14.9 Å². The monoisotopic (exact) mass is 547 g/mol. The molecule has 1 amide bonds. The molecule has 0 radical (unpaired) electrons. The van der Waals surface area contributed by atoms with Gasteiger partial charge in [-0.05, 0) is 72.9 Å². The highest BCUT2D eigenvalue weighted by Crippen LogP contribution is 2.46. The largest absolute Gasteiger partial charge is 0.444 e. The van der Waals surface area contributed by atoms with Gasteiger partial charge in [0, 0.05) is 31.4 Å². The van der Waals surface area contributed by atoms with E-state index in [0.717, 1.165) is 49.8 Å². The van der Waals surface area contributed by atoms with Crippen LogP contribution >= 0.6 is 11.6 Å². The molecule has 0 bridgehead atoms. The maximum Gasteiger partial charge on any atom is 0.410 e. The fraction of sp³-hybridized carbons (Fsp3) is 0.741. The van der Waals surface area contributed by atoms with Gasteiger partial charge in [0.15, 0.2) is 12.0 Å². The van der Waals surface area contributed by atoms with Crippen LogP contribution in [0.5, 0.6) is 0 Å². The lowest BCUT2D eigenvalue weighted by Gasteiger charge is -2.46. The summed E-state index contributed by atoms with van der Waals surface area (Å²) < 4.78 is 27.1. The first kappa shape index (κ1) is 26.3.